The highest BCUT2D eigenvalue weighted by Gasteiger charge is 2.44. The molecule has 1 aliphatic heterocycles. The lowest BCUT2D eigenvalue weighted by atomic mass is 9.90. The summed E-state index contributed by atoms with van der Waals surface area (Å²) in [6, 6.07) is 7.24. The predicted octanol–water partition coefficient (Wildman–Crippen LogP) is 3.43. The Kier molecular flexibility index (Phi) is 5.92. The van der Waals surface area contributed by atoms with Gasteiger partial charge >= 0.3 is 6.18 Å². The molecule has 0 saturated carbocycles. The van der Waals surface area contributed by atoms with Crippen molar-refractivity contribution in [1.82, 2.24) is 4.90 Å². The van der Waals surface area contributed by atoms with E-state index < -0.39 is 18.2 Å². The van der Waals surface area contributed by atoms with Crippen molar-refractivity contribution in [2.45, 2.75) is 38.0 Å². The summed E-state index contributed by atoms with van der Waals surface area (Å²) in [6.45, 7) is 0.512. The van der Waals surface area contributed by atoms with Crippen LogP contribution in [0.25, 0.3) is 0 Å². The van der Waals surface area contributed by atoms with E-state index in [1.165, 1.54) is 0 Å². The molecular formula is C16H19ClF3NO2. The maximum absolute atomic E-state index is 12.5. The van der Waals surface area contributed by atoms with Crippen molar-refractivity contribution in [3.8, 4) is 0 Å². The summed E-state index contributed by atoms with van der Waals surface area (Å²) >= 11 is 5.88. The predicted molar refractivity (Wildman–Crippen MR) is 81.1 cm³/mol. The number of rotatable bonds is 4. The van der Waals surface area contributed by atoms with Crippen LogP contribution in [0.1, 0.15) is 24.8 Å². The number of aryl methyl sites for hydroxylation is 1. The van der Waals surface area contributed by atoms with Gasteiger partial charge in [0.2, 0.25) is 5.91 Å². The van der Waals surface area contributed by atoms with Gasteiger partial charge in [0.05, 0.1) is 0 Å². The smallest absolute Gasteiger partial charge is 0.383 e. The number of piperidine rings is 1. The van der Waals surface area contributed by atoms with E-state index in [4.69, 9.17) is 11.6 Å². The van der Waals surface area contributed by atoms with Crippen LogP contribution in [-0.4, -0.2) is 41.3 Å². The minimum atomic E-state index is -4.59. The molecule has 7 heteroatoms. The average Bonchev–Trinajstić information content (AvgIpc) is 2.51. The fourth-order valence-electron chi connectivity index (χ4n) is 2.83. The number of nitrogens with zero attached hydrogens (tertiary/aromatic N) is 1. The standard InChI is InChI=1S/C16H19ClF3NO2/c17-13-3-1-2-11(10-13)4-5-14(22)21-8-6-12(7-9-21)15(23)16(18,19)20/h1-3,10,12,15,23H,4-9H2. The molecule has 1 heterocycles. The number of aliphatic hydroxyl groups is 1. The van der Waals surface area contributed by atoms with Crippen molar-refractivity contribution in [2.24, 2.45) is 5.92 Å². The summed E-state index contributed by atoms with van der Waals surface area (Å²) in [5, 5.41) is 9.88. The third-order valence-corrected chi connectivity index (χ3v) is 4.43. The van der Waals surface area contributed by atoms with Gasteiger partial charge in [0.1, 0.15) is 0 Å². The second kappa shape index (κ2) is 7.53. The first-order valence-corrected chi connectivity index (χ1v) is 7.92. The highest BCUT2D eigenvalue weighted by Crippen LogP contribution is 2.31. The Balaban J connectivity index is 1.80. The van der Waals surface area contributed by atoms with Gasteiger partial charge in [0, 0.05) is 24.5 Å². The lowest BCUT2D eigenvalue weighted by Crippen LogP contribution is -2.45. The van der Waals surface area contributed by atoms with Crippen molar-refractivity contribution in [3.05, 3.63) is 34.9 Å². The van der Waals surface area contributed by atoms with E-state index >= 15 is 0 Å². The van der Waals surface area contributed by atoms with Gasteiger partial charge in [-0.15, -0.1) is 0 Å². The van der Waals surface area contributed by atoms with E-state index in [9.17, 15) is 23.1 Å². The molecule has 1 fully saturated rings. The van der Waals surface area contributed by atoms with E-state index in [1.807, 2.05) is 12.1 Å². The Labute approximate surface area is 138 Å². The summed E-state index contributed by atoms with van der Waals surface area (Å²) in [4.78, 5) is 13.7. The normalized spacial score (nSPS) is 18.0. The molecule has 0 aliphatic carbocycles. The van der Waals surface area contributed by atoms with Crippen LogP contribution < -0.4 is 0 Å². The zero-order chi connectivity index (χ0) is 17.0. The number of carbonyl (C=O) groups excluding carboxylic acids is 1. The molecule has 128 valence electrons. The van der Waals surface area contributed by atoms with Crippen LogP contribution >= 0.6 is 11.6 Å². The fraction of sp³-hybridized carbons (Fsp3) is 0.562. The SMILES string of the molecule is O=C(CCc1cccc(Cl)c1)N1CCC(C(O)C(F)(F)F)CC1. The van der Waals surface area contributed by atoms with Gasteiger partial charge in [0.15, 0.2) is 6.10 Å². The minimum absolute atomic E-state index is 0.0788. The fourth-order valence-corrected chi connectivity index (χ4v) is 3.05. The largest absolute Gasteiger partial charge is 0.414 e. The number of aliphatic hydroxyl groups excluding tert-OH is 1. The first-order chi connectivity index (χ1) is 10.8. The zero-order valence-electron chi connectivity index (χ0n) is 12.5. The summed E-state index contributed by atoms with van der Waals surface area (Å²) in [7, 11) is 0. The first-order valence-electron chi connectivity index (χ1n) is 7.54. The molecule has 0 bridgehead atoms. The lowest BCUT2D eigenvalue weighted by molar-refractivity contribution is -0.222. The van der Waals surface area contributed by atoms with Crippen LogP contribution in [0.2, 0.25) is 5.02 Å². The van der Waals surface area contributed by atoms with E-state index in [0.717, 1.165) is 5.56 Å². The molecule has 1 atom stereocenters. The molecule has 1 saturated heterocycles. The number of carbonyl (C=O) groups is 1. The summed E-state index contributed by atoms with van der Waals surface area (Å²) in [6.07, 6.45) is -5.71. The maximum Gasteiger partial charge on any atom is 0.414 e. The Hall–Kier alpha value is -1.27. The van der Waals surface area contributed by atoms with Crippen LogP contribution in [0.4, 0.5) is 13.2 Å². The molecule has 1 aromatic carbocycles. The van der Waals surface area contributed by atoms with Crippen molar-refractivity contribution in [3.63, 3.8) is 0 Å². The van der Waals surface area contributed by atoms with Crippen LogP contribution in [-0.2, 0) is 11.2 Å². The number of hydrogen-bond acceptors (Lipinski definition) is 2. The molecule has 3 nitrogen and oxygen atoms in total. The maximum atomic E-state index is 12.5. The summed E-state index contributed by atoms with van der Waals surface area (Å²) in [5.74, 6) is -0.906. The number of amides is 1. The molecule has 1 unspecified atom stereocenters. The van der Waals surface area contributed by atoms with Gasteiger partial charge in [-0.3, -0.25) is 4.79 Å². The average molecular weight is 350 g/mol. The van der Waals surface area contributed by atoms with Crippen molar-refractivity contribution < 1.29 is 23.1 Å². The first kappa shape index (κ1) is 18.1. The van der Waals surface area contributed by atoms with Gasteiger partial charge in [-0.25, -0.2) is 0 Å². The Morgan fingerprint density at radius 1 is 1.35 bits per heavy atom. The quantitative estimate of drug-likeness (QED) is 0.904. The van der Waals surface area contributed by atoms with Gasteiger partial charge in [-0.05, 0) is 42.9 Å². The van der Waals surface area contributed by atoms with Gasteiger partial charge in [-0.1, -0.05) is 23.7 Å². The number of hydrogen-bond donors (Lipinski definition) is 1. The molecule has 1 aromatic rings. The molecule has 23 heavy (non-hydrogen) atoms. The highest BCUT2D eigenvalue weighted by molar-refractivity contribution is 6.30. The molecule has 0 radical (unpaired) electrons. The third-order valence-electron chi connectivity index (χ3n) is 4.19. The zero-order valence-corrected chi connectivity index (χ0v) is 13.3. The topological polar surface area (TPSA) is 40.5 Å². The molecule has 0 aromatic heterocycles. The Morgan fingerprint density at radius 2 is 2.00 bits per heavy atom. The molecule has 1 N–H and O–H groups in total. The summed E-state index contributed by atoms with van der Waals surface area (Å²) in [5.41, 5.74) is 0.952. The number of halogens is 4. The van der Waals surface area contributed by atoms with Gasteiger partial charge in [-0.2, -0.15) is 13.2 Å². The number of likely N-dealkylation sites (tertiary alicyclic amines) is 1. The molecule has 2 rings (SSSR count). The molecule has 0 spiro atoms. The van der Waals surface area contributed by atoms with Crippen LogP contribution in [0.3, 0.4) is 0 Å². The van der Waals surface area contributed by atoms with Crippen molar-refractivity contribution in [1.29, 1.82) is 0 Å². The van der Waals surface area contributed by atoms with Crippen LogP contribution in [0.5, 0.6) is 0 Å². The Morgan fingerprint density at radius 3 is 2.57 bits per heavy atom. The molecular weight excluding hydrogens is 331 g/mol. The van der Waals surface area contributed by atoms with Crippen LogP contribution in [0, 0.1) is 5.92 Å². The van der Waals surface area contributed by atoms with E-state index in [2.05, 4.69) is 0 Å². The Bertz CT molecular complexity index is 542. The number of alkyl halides is 3. The minimum Gasteiger partial charge on any atom is -0.383 e. The highest BCUT2D eigenvalue weighted by atomic mass is 35.5. The van der Waals surface area contributed by atoms with Gasteiger partial charge in [0.25, 0.3) is 0 Å². The van der Waals surface area contributed by atoms with Gasteiger partial charge < -0.3 is 10.0 Å². The monoisotopic (exact) mass is 349 g/mol. The summed E-state index contributed by atoms with van der Waals surface area (Å²) < 4.78 is 37.5. The van der Waals surface area contributed by atoms with E-state index in [0.29, 0.717) is 17.9 Å². The second-order valence-electron chi connectivity index (χ2n) is 5.83. The van der Waals surface area contributed by atoms with Crippen molar-refractivity contribution >= 4 is 17.5 Å². The van der Waals surface area contributed by atoms with E-state index in [-0.39, 0.29) is 31.8 Å². The second-order valence-corrected chi connectivity index (χ2v) is 6.27. The molecule has 1 amide bonds. The van der Waals surface area contributed by atoms with E-state index in [1.54, 1.807) is 17.0 Å². The molecule has 1 aliphatic rings. The third kappa shape index (κ3) is 5.11. The number of benzene rings is 1. The lowest BCUT2D eigenvalue weighted by Gasteiger charge is -2.34. The van der Waals surface area contributed by atoms with Crippen LogP contribution in [0.15, 0.2) is 24.3 Å². The van der Waals surface area contributed by atoms with Crippen molar-refractivity contribution in [2.75, 3.05) is 13.1 Å².